The number of aromatic nitrogens is 1. The topological polar surface area (TPSA) is 75.4 Å². The average Bonchev–Trinajstić information content (AvgIpc) is 3.02. The molecule has 2 amide bonds. The van der Waals surface area contributed by atoms with Gasteiger partial charge >= 0.3 is 0 Å². The largest absolute Gasteiger partial charge is 0.360 e. The van der Waals surface area contributed by atoms with Crippen LogP contribution in [0.3, 0.4) is 0 Å². The number of benzene rings is 1. The van der Waals surface area contributed by atoms with Crippen molar-refractivity contribution in [1.82, 2.24) is 15.4 Å². The summed E-state index contributed by atoms with van der Waals surface area (Å²) >= 11 is 1.52. The van der Waals surface area contributed by atoms with Crippen molar-refractivity contribution in [2.45, 2.75) is 44.4 Å². The Hall–Kier alpha value is -2.28. The smallest absolute Gasteiger partial charge is 0.255 e. The van der Waals surface area contributed by atoms with Crippen LogP contribution in [0.5, 0.6) is 0 Å². The standard InChI is InChI=1S/C19H25N3O3S/c1-5-22(11-18(23)20-13(2)3)19(24)16-8-6-7-9-17(16)26-12-15-10-14(4)21-25-15/h6-10,13H,5,11-12H2,1-4H3,(H,20,23). The summed E-state index contributed by atoms with van der Waals surface area (Å²) in [6.45, 7) is 8.04. The number of rotatable bonds is 8. The van der Waals surface area contributed by atoms with Crippen molar-refractivity contribution in [3.8, 4) is 0 Å². The maximum Gasteiger partial charge on any atom is 0.255 e. The van der Waals surface area contributed by atoms with Gasteiger partial charge in [0.25, 0.3) is 5.91 Å². The van der Waals surface area contributed by atoms with Gasteiger partial charge in [-0.3, -0.25) is 9.59 Å². The molecule has 0 fully saturated rings. The summed E-state index contributed by atoms with van der Waals surface area (Å²) < 4.78 is 5.23. The molecule has 0 aliphatic heterocycles. The maximum absolute atomic E-state index is 12.9. The third-order valence-corrected chi connectivity index (χ3v) is 4.71. The van der Waals surface area contributed by atoms with Crippen molar-refractivity contribution in [3.05, 3.63) is 47.3 Å². The average molecular weight is 375 g/mol. The van der Waals surface area contributed by atoms with Crippen LogP contribution in [0, 0.1) is 6.92 Å². The fourth-order valence-electron chi connectivity index (χ4n) is 2.44. The van der Waals surface area contributed by atoms with Gasteiger partial charge in [0, 0.05) is 23.5 Å². The number of aryl methyl sites for hydroxylation is 1. The number of hydrogen-bond acceptors (Lipinski definition) is 5. The molecule has 2 rings (SSSR count). The number of carbonyl (C=O) groups is 2. The first-order valence-electron chi connectivity index (χ1n) is 8.63. The van der Waals surface area contributed by atoms with E-state index < -0.39 is 0 Å². The third kappa shape index (κ3) is 5.62. The highest BCUT2D eigenvalue weighted by Gasteiger charge is 2.20. The highest BCUT2D eigenvalue weighted by Crippen LogP contribution is 2.27. The van der Waals surface area contributed by atoms with Crippen LogP contribution in [-0.2, 0) is 10.5 Å². The number of nitrogens with one attached hydrogen (secondary N) is 1. The number of hydrogen-bond donors (Lipinski definition) is 1. The molecule has 0 aliphatic carbocycles. The van der Waals surface area contributed by atoms with E-state index in [1.165, 1.54) is 11.8 Å². The lowest BCUT2D eigenvalue weighted by Gasteiger charge is -2.22. The Morgan fingerprint density at radius 3 is 2.65 bits per heavy atom. The fourth-order valence-corrected chi connectivity index (χ4v) is 3.36. The van der Waals surface area contributed by atoms with Crippen LogP contribution in [-0.4, -0.2) is 41.0 Å². The molecule has 0 radical (unpaired) electrons. The van der Waals surface area contributed by atoms with E-state index in [9.17, 15) is 9.59 Å². The van der Waals surface area contributed by atoms with Crippen LogP contribution in [0.4, 0.5) is 0 Å². The normalized spacial score (nSPS) is 10.8. The number of thioether (sulfide) groups is 1. The summed E-state index contributed by atoms with van der Waals surface area (Å²) in [4.78, 5) is 27.4. The second kappa shape index (κ2) is 9.43. The Balaban J connectivity index is 2.10. The van der Waals surface area contributed by atoms with Crippen molar-refractivity contribution in [2.75, 3.05) is 13.1 Å². The molecule has 140 valence electrons. The van der Waals surface area contributed by atoms with Gasteiger partial charge in [-0.25, -0.2) is 0 Å². The van der Waals surface area contributed by atoms with Gasteiger partial charge in [0.1, 0.15) is 5.76 Å². The van der Waals surface area contributed by atoms with E-state index in [0.29, 0.717) is 17.9 Å². The van der Waals surface area contributed by atoms with Crippen LogP contribution < -0.4 is 5.32 Å². The molecule has 0 spiro atoms. The third-order valence-electron chi connectivity index (χ3n) is 3.62. The van der Waals surface area contributed by atoms with Gasteiger partial charge < -0.3 is 14.7 Å². The number of nitrogens with zero attached hydrogens (tertiary/aromatic N) is 2. The molecular formula is C19H25N3O3S. The first kappa shape index (κ1) is 20.0. The predicted octanol–water partition coefficient (Wildman–Crippen LogP) is 3.26. The second-order valence-corrected chi connectivity index (χ2v) is 7.28. The van der Waals surface area contributed by atoms with Gasteiger partial charge in [-0.2, -0.15) is 0 Å². The Bertz CT molecular complexity index is 758. The van der Waals surface area contributed by atoms with Gasteiger partial charge in [0.2, 0.25) is 5.91 Å². The molecule has 6 nitrogen and oxygen atoms in total. The van der Waals surface area contributed by atoms with Crippen molar-refractivity contribution in [1.29, 1.82) is 0 Å². The monoisotopic (exact) mass is 375 g/mol. The van der Waals surface area contributed by atoms with E-state index in [2.05, 4.69) is 10.5 Å². The molecule has 0 bridgehead atoms. The Kier molecular flexibility index (Phi) is 7.26. The highest BCUT2D eigenvalue weighted by atomic mass is 32.2. The van der Waals surface area contributed by atoms with E-state index in [0.717, 1.165) is 16.3 Å². The highest BCUT2D eigenvalue weighted by molar-refractivity contribution is 7.98. The van der Waals surface area contributed by atoms with Gasteiger partial charge in [0.15, 0.2) is 0 Å². The Morgan fingerprint density at radius 1 is 1.31 bits per heavy atom. The zero-order chi connectivity index (χ0) is 19.1. The Labute approximate surface area is 158 Å². The van der Waals surface area contributed by atoms with Crippen LogP contribution in [0.25, 0.3) is 0 Å². The van der Waals surface area contributed by atoms with Gasteiger partial charge in [-0.15, -0.1) is 11.8 Å². The molecule has 0 saturated carbocycles. The van der Waals surface area contributed by atoms with Crippen molar-refractivity contribution in [3.63, 3.8) is 0 Å². The van der Waals surface area contributed by atoms with Crippen LogP contribution in [0.1, 0.15) is 42.6 Å². The zero-order valence-corrected chi connectivity index (χ0v) is 16.4. The number of likely N-dealkylation sites (N-methyl/N-ethyl adjacent to an activating group) is 1. The molecule has 0 unspecified atom stereocenters. The quantitative estimate of drug-likeness (QED) is 0.717. The number of amides is 2. The molecule has 2 aromatic rings. The minimum Gasteiger partial charge on any atom is -0.360 e. The summed E-state index contributed by atoms with van der Waals surface area (Å²) in [7, 11) is 0. The molecule has 1 aromatic carbocycles. The lowest BCUT2D eigenvalue weighted by molar-refractivity contribution is -0.122. The molecule has 26 heavy (non-hydrogen) atoms. The second-order valence-electron chi connectivity index (χ2n) is 6.26. The molecule has 0 atom stereocenters. The molecule has 1 heterocycles. The molecule has 1 N–H and O–H groups in total. The van der Waals surface area contributed by atoms with Gasteiger partial charge in [0.05, 0.1) is 23.6 Å². The molecule has 1 aromatic heterocycles. The molecule has 0 aliphatic rings. The van der Waals surface area contributed by atoms with E-state index in [1.807, 2.05) is 52.0 Å². The predicted molar refractivity (Wildman–Crippen MR) is 102 cm³/mol. The van der Waals surface area contributed by atoms with Crippen molar-refractivity contribution < 1.29 is 14.1 Å². The number of carbonyl (C=O) groups excluding carboxylic acids is 2. The first-order valence-corrected chi connectivity index (χ1v) is 9.62. The summed E-state index contributed by atoms with van der Waals surface area (Å²) in [6.07, 6.45) is 0. The minimum atomic E-state index is -0.155. The van der Waals surface area contributed by atoms with E-state index >= 15 is 0 Å². The zero-order valence-electron chi connectivity index (χ0n) is 15.6. The van der Waals surface area contributed by atoms with E-state index in [-0.39, 0.29) is 24.4 Å². The summed E-state index contributed by atoms with van der Waals surface area (Å²) in [5.74, 6) is 1.05. The summed E-state index contributed by atoms with van der Waals surface area (Å²) in [6, 6.07) is 9.35. The Morgan fingerprint density at radius 2 is 2.04 bits per heavy atom. The van der Waals surface area contributed by atoms with Crippen molar-refractivity contribution in [2.24, 2.45) is 0 Å². The molecular weight excluding hydrogens is 350 g/mol. The molecule has 7 heteroatoms. The van der Waals surface area contributed by atoms with E-state index in [1.54, 1.807) is 11.0 Å². The minimum absolute atomic E-state index is 0.0458. The van der Waals surface area contributed by atoms with Crippen molar-refractivity contribution >= 4 is 23.6 Å². The fraction of sp³-hybridized carbons (Fsp3) is 0.421. The maximum atomic E-state index is 12.9. The lowest BCUT2D eigenvalue weighted by Crippen LogP contribution is -2.42. The summed E-state index contributed by atoms with van der Waals surface area (Å²) in [5.41, 5.74) is 1.42. The lowest BCUT2D eigenvalue weighted by atomic mass is 10.2. The van der Waals surface area contributed by atoms with Crippen LogP contribution >= 0.6 is 11.8 Å². The van der Waals surface area contributed by atoms with Crippen LogP contribution in [0.15, 0.2) is 39.8 Å². The van der Waals surface area contributed by atoms with Gasteiger partial charge in [-0.1, -0.05) is 17.3 Å². The van der Waals surface area contributed by atoms with Crippen LogP contribution in [0.2, 0.25) is 0 Å². The summed E-state index contributed by atoms with van der Waals surface area (Å²) in [5, 5.41) is 6.70. The first-order chi connectivity index (χ1) is 12.4. The van der Waals surface area contributed by atoms with E-state index in [4.69, 9.17) is 4.52 Å². The van der Waals surface area contributed by atoms with Gasteiger partial charge in [-0.05, 0) is 39.8 Å². The molecule has 0 saturated heterocycles. The SMILES string of the molecule is CCN(CC(=O)NC(C)C)C(=O)c1ccccc1SCc1cc(C)no1.